The number of nitrogens with zero attached hydrogens (tertiary/aromatic N) is 3. The number of amides is 1. The molecule has 1 fully saturated rings. The lowest BCUT2D eigenvalue weighted by atomic mass is 10.3. The Morgan fingerprint density at radius 3 is 2.42 bits per heavy atom. The molecule has 19 heavy (non-hydrogen) atoms. The summed E-state index contributed by atoms with van der Waals surface area (Å²) in [5.41, 5.74) is 13.1. The number of anilines is 2. The van der Waals surface area contributed by atoms with Crippen molar-refractivity contribution in [3.63, 3.8) is 0 Å². The van der Waals surface area contributed by atoms with E-state index in [0.717, 1.165) is 5.69 Å². The number of nitrogen functional groups attached to an aromatic ring is 1. The van der Waals surface area contributed by atoms with Gasteiger partial charge in [0.15, 0.2) is 0 Å². The fourth-order valence-electron chi connectivity index (χ4n) is 2.05. The summed E-state index contributed by atoms with van der Waals surface area (Å²) in [5, 5.41) is 0. The highest BCUT2D eigenvalue weighted by Crippen LogP contribution is 2.25. The molecular weight excluding hydrogens is 246 g/mol. The lowest BCUT2D eigenvalue weighted by molar-refractivity contribution is 0.145. The fourth-order valence-corrected chi connectivity index (χ4v) is 2.05. The molecule has 0 saturated carbocycles. The van der Waals surface area contributed by atoms with Crippen LogP contribution in [0.15, 0.2) is 24.3 Å². The number of fused-ring (bicyclic) bond motifs is 1. The highest BCUT2D eigenvalue weighted by atomic mass is 16.6. The van der Waals surface area contributed by atoms with Gasteiger partial charge in [0.05, 0.1) is 17.9 Å². The van der Waals surface area contributed by atoms with Crippen LogP contribution in [-0.2, 0) is 4.74 Å². The maximum atomic E-state index is 11.7. The summed E-state index contributed by atoms with van der Waals surface area (Å²) in [5.74, 6) is 0.242. The summed E-state index contributed by atoms with van der Waals surface area (Å²) >= 11 is 0. The SMILES string of the molecule is NC[C@H]1CN(c2ccc3nc(N)nc-3cc2)C(=O)O1. The van der Waals surface area contributed by atoms with E-state index in [0.29, 0.717) is 24.5 Å². The Balaban J connectivity index is 1.95. The van der Waals surface area contributed by atoms with Gasteiger partial charge in [-0.15, -0.1) is 0 Å². The van der Waals surface area contributed by atoms with Crippen LogP contribution in [0.1, 0.15) is 0 Å². The third-order valence-corrected chi connectivity index (χ3v) is 3.01. The highest BCUT2D eigenvalue weighted by molar-refractivity contribution is 5.90. The normalized spacial score (nSPS) is 18.9. The molecule has 1 atom stereocenters. The fraction of sp³-hybridized carbons (Fsp3) is 0.250. The van der Waals surface area contributed by atoms with Gasteiger partial charge in [0, 0.05) is 12.2 Å². The number of rotatable bonds is 2. The monoisotopic (exact) mass is 259 g/mol. The molecule has 98 valence electrons. The van der Waals surface area contributed by atoms with Crippen LogP contribution in [0.25, 0.3) is 11.4 Å². The standard InChI is InChI=1S/C12H13N5O2/c13-5-8-6-17(12(18)19-8)7-1-3-9-10(4-2-7)16-11(14)15-9/h1-4,8H,5-6,13H2,(H2,14,15,16)/t8-/m0/s1. The molecule has 1 saturated heterocycles. The maximum absolute atomic E-state index is 11.7. The molecule has 2 heterocycles. The minimum Gasteiger partial charge on any atom is -0.443 e. The molecular formula is C12H13N5O2. The van der Waals surface area contributed by atoms with Gasteiger partial charge in [0.2, 0.25) is 5.95 Å². The van der Waals surface area contributed by atoms with Gasteiger partial charge >= 0.3 is 6.09 Å². The van der Waals surface area contributed by atoms with Crippen molar-refractivity contribution in [2.75, 3.05) is 23.7 Å². The first kappa shape index (κ1) is 11.7. The second-order valence-corrected chi connectivity index (χ2v) is 4.30. The molecule has 2 aliphatic heterocycles. The minimum absolute atomic E-state index is 0.242. The van der Waals surface area contributed by atoms with Crippen molar-refractivity contribution < 1.29 is 9.53 Å². The van der Waals surface area contributed by atoms with E-state index in [1.165, 1.54) is 0 Å². The summed E-state index contributed by atoms with van der Waals surface area (Å²) in [4.78, 5) is 21.4. The highest BCUT2D eigenvalue weighted by Gasteiger charge is 2.31. The van der Waals surface area contributed by atoms with Gasteiger partial charge in [-0.2, -0.15) is 0 Å². The summed E-state index contributed by atoms with van der Waals surface area (Å²) in [6.45, 7) is 0.764. The molecule has 0 aromatic rings. The Hall–Kier alpha value is -2.41. The Labute approximate surface area is 109 Å². The number of carbonyl (C=O) groups excluding carboxylic acids is 1. The second kappa shape index (κ2) is 4.36. The van der Waals surface area contributed by atoms with Gasteiger partial charge in [-0.25, -0.2) is 14.8 Å². The zero-order chi connectivity index (χ0) is 13.4. The van der Waals surface area contributed by atoms with Gasteiger partial charge in [0.25, 0.3) is 0 Å². The molecule has 0 aromatic heterocycles. The molecule has 1 aliphatic carbocycles. The number of aromatic nitrogens is 2. The summed E-state index contributed by atoms with van der Waals surface area (Å²) in [7, 11) is 0. The number of nitrogens with two attached hydrogens (primary N) is 2. The van der Waals surface area contributed by atoms with E-state index in [4.69, 9.17) is 16.2 Å². The van der Waals surface area contributed by atoms with Crippen molar-refractivity contribution in [3.05, 3.63) is 24.3 Å². The third-order valence-electron chi connectivity index (χ3n) is 3.01. The predicted octanol–water partition coefficient (Wildman–Crippen LogP) is 0.447. The number of imidazole rings is 1. The average molecular weight is 259 g/mol. The van der Waals surface area contributed by atoms with Crippen molar-refractivity contribution in [1.29, 1.82) is 0 Å². The van der Waals surface area contributed by atoms with Crippen molar-refractivity contribution in [3.8, 4) is 11.4 Å². The van der Waals surface area contributed by atoms with Gasteiger partial charge in [-0.05, 0) is 24.3 Å². The number of hydrogen-bond donors (Lipinski definition) is 2. The topological polar surface area (TPSA) is 107 Å². The molecule has 0 radical (unpaired) electrons. The predicted molar refractivity (Wildman–Crippen MR) is 69.7 cm³/mol. The van der Waals surface area contributed by atoms with Crippen molar-refractivity contribution in [2.45, 2.75) is 6.10 Å². The molecule has 7 heteroatoms. The van der Waals surface area contributed by atoms with Crippen LogP contribution in [0.4, 0.5) is 16.4 Å². The van der Waals surface area contributed by atoms with Gasteiger partial charge in [-0.1, -0.05) is 0 Å². The van der Waals surface area contributed by atoms with E-state index < -0.39 is 0 Å². The Bertz CT molecular complexity index is 569. The average Bonchev–Trinajstić information content (AvgIpc) is 2.88. The molecule has 3 rings (SSSR count). The summed E-state index contributed by atoms with van der Waals surface area (Å²) in [6, 6.07) is 7.13. The molecule has 0 spiro atoms. The van der Waals surface area contributed by atoms with Gasteiger partial charge in [0.1, 0.15) is 6.10 Å². The van der Waals surface area contributed by atoms with Gasteiger partial charge < -0.3 is 16.2 Å². The number of ether oxygens (including phenoxy) is 1. The van der Waals surface area contributed by atoms with E-state index in [9.17, 15) is 4.79 Å². The zero-order valence-corrected chi connectivity index (χ0v) is 10.1. The van der Waals surface area contributed by atoms with Crippen molar-refractivity contribution in [1.82, 2.24) is 9.97 Å². The van der Waals surface area contributed by atoms with E-state index in [2.05, 4.69) is 9.97 Å². The molecule has 1 amide bonds. The first-order chi connectivity index (χ1) is 9.17. The first-order valence-corrected chi connectivity index (χ1v) is 5.89. The van der Waals surface area contributed by atoms with E-state index in [-0.39, 0.29) is 18.1 Å². The largest absolute Gasteiger partial charge is 0.443 e. The molecule has 4 N–H and O–H groups in total. The lowest BCUT2D eigenvalue weighted by Crippen LogP contribution is -2.27. The van der Waals surface area contributed by atoms with Crippen molar-refractivity contribution in [2.24, 2.45) is 5.73 Å². The molecule has 0 bridgehead atoms. The van der Waals surface area contributed by atoms with E-state index in [1.807, 2.05) is 0 Å². The molecule has 3 aliphatic rings. The lowest BCUT2D eigenvalue weighted by Gasteiger charge is -2.10. The van der Waals surface area contributed by atoms with Crippen LogP contribution < -0.4 is 16.4 Å². The van der Waals surface area contributed by atoms with Gasteiger partial charge in [-0.3, -0.25) is 4.90 Å². The minimum atomic E-state index is -0.387. The van der Waals surface area contributed by atoms with Crippen LogP contribution in [0.5, 0.6) is 0 Å². The van der Waals surface area contributed by atoms with Crippen molar-refractivity contribution >= 4 is 17.7 Å². The Morgan fingerprint density at radius 2 is 1.89 bits per heavy atom. The van der Waals surface area contributed by atoms with Crippen LogP contribution in [0.3, 0.4) is 0 Å². The number of carbonyl (C=O) groups is 1. The quantitative estimate of drug-likeness (QED) is 0.810. The Morgan fingerprint density at radius 1 is 1.26 bits per heavy atom. The molecule has 0 unspecified atom stereocenters. The van der Waals surface area contributed by atoms with Crippen LogP contribution in [0.2, 0.25) is 0 Å². The molecule has 0 aromatic carbocycles. The maximum Gasteiger partial charge on any atom is 0.414 e. The third kappa shape index (κ3) is 2.04. The summed E-state index contributed by atoms with van der Waals surface area (Å²) in [6.07, 6.45) is -0.648. The summed E-state index contributed by atoms with van der Waals surface area (Å²) < 4.78 is 5.12. The Kier molecular flexibility index (Phi) is 2.68. The number of hydrogen-bond acceptors (Lipinski definition) is 6. The van der Waals surface area contributed by atoms with Crippen LogP contribution in [0, 0.1) is 0 Å². The van der Waals surface area contributed by atoms with Crippen LogP contribution in [-0.4, -0.2) is 35.3 Å². The number of cyclic esters (lactones) is 1. The van der Waals surface area contributed by atoms with E-state index in [1.54, 1.807) is 29.2 Å². The molecule has 7 nitrogen and oxygen atoms in total. The zero-order valence-electron chi connectivity index (χ0n) is 10.1. The second-order valence-electron chi connectivity index (χ2n) is 4.30. The van der Waals surface area contributed by atoms with Crippen LogP contribution >= 0.6 is 0 Å². The van der Waals surface area contributed by atoms with E-state index >= 15 is 0 Å². The first-order valence-electron chi connectivity index (χ1n) is 5.89. The smallest absolute Gasteiger partial charge is 0.414 e.